The Bertz CT molecular complexity index is 961. The first-order valence-corrected chi connectivity index (χ1v) is 8.53. The molecule has 7 nitrogen and oxygen atoms in total. The van der Waals surface area contributed by atoms with Crippen molar-refractivity contribution in [3.63, 3.8) is 0 Å². The highest BCUT2D eigenvalue weighted by molar-refractivity contribution is 5.88. The number of carbonyl (C=O) groups is 1. The Kier molecular flexibility index (Phi) is 3.97. The number of aliphatic hydroxyl groups excluding tert-OH is 1. The van der Waals surface area contributed by atoms with Gasteiger partial charge in [-0.3, -0.25) is 0 Å². The Morgan fingerprint density at radius 1 is 1.31 bits per heavy atom. The molecule has 2 aromatic heterocycles. The summed E-state index contributed by atoms with van der Waals surface area (Å²) in [7, 11) is 0. The monoisotopic (exact) mass is 353 g/mol. The fraction of sp³-hybridized carbons (Fsp3) is 0.316. The van der Waals surface area contributed by atoms with Crippen molar-refractivity contribution in [2.24, 2.45) is 0 Å². The lowest BCUT2D eigenvalue weighted by Crippen LogP contribution is -2.24. The number of aliphatic hydroxyl groups is 1. The Hall–Kier alpha value is -2.77. The number of nitrogens with zero attached hydrogens (tertiary/aromatic N) is 3. The van der Waals surface area contributed by atoms with Crippen molar-refractivity contribution < 1.29 is 19.7 Å². The summed E-state index contributed by atoms with van der Waals surface area (Å²) in [6, 6.07) is 8.31. The van der Waals surface area contributed by atoms with Crippen LogP contribution in [0.4, 0.5) is 0 Å². The molecule has 1 saturated carbocycles. The Morgan fingerprint density at radius 2 is 2.04 bits per heavy atom. The largest absolute Gasteiger partial charge is 0.478 e. The Labute approximate surface area is 149 Å². The smallest absolute Gasteiger partial charge is 0.335 e. The molecule has 0 bridgehead atoms. The van der Waals surface area contributed by atoms with Gasteiger partial charge in [0.05, 0.1) is 23.0 Å². The molecule has 7 heteroatoms. The van der Waals surface area contributed by atoms with Gasteiger partial charge >= 0.3 is 5.97 Å². The zero-order valence-corrected chi connectivity index (χ0v) is 14.3. The summed E-state index contributed by atoms with van der Waals surface area (Å²) in [6.07, 6.45) is 4.31. The van der Waals surface area contributed by atoms with E-state index in [0.717, 1.165) is 23.9 Å². The average molecular weight is 353 g/mol. The molecule has 2 N–H and O–H groups in total. The van der Waals surface area contributed by atoms with Crippen molar-refractivity contribution in [2.45, 2.75) is 31.5 Å². The predicted octanol–water partition coefficient (Wildman–Crippen LogP) is 2.72. The van der Waals surface area contributed by atoms with Crippen molar-refractivity contribution in [1.29, 1.82) is 0 Å². The van der Waals surface area contributed by atoms with Gasteiger partial charge in [0.15, 0.2) is 5.65 Å². The summed E-state index contributed by atoms with van der Waals surface area (Å²) in [5.41, 5.74) is 1.81. The van der Waals surface area contributed by atoms with Crippen molar-refractivity contribution >= 4 is 17.0 Å². The second-order valence-electron chi connectivity index (χ2n) is 6.49. The number of rotatable bonds is 6. The SMILES string of the molecule is CCOC1([C@@H](O)c2cnc3c(cnn3-c3ccc(C(=O)O)cc3)c2)CC1. The van der Waals surface area contributed by atoms with Gasteiger partial charge in [-0.25, -0.2) is 14.5 Å². The third kappa shape index (κ3) is 2.75. The lowest BCUT2D eigenvalue weighted by molar-refractivity contribution is -0.0542. The number of benzene rings is 1. The van der Waals surface area contributed by atoms with Crippen LogP contribution in [0, 0.1) is 0 Å². The molecule has 134 valence electrons. The number of carboxylic acid groups (broad SMARTS) is 1. The highest BCUT2D eigenvalue weighted by Gasteiger charge is 2.50. The fourth-order valence-electron chi connectivity index (χ4n) is 3.23. The maximum atomic E-state index is 11.0. The number of aromatic nitrogens is 3. The maximum absolute atomic E-state index is 11.0. The molecule has 1 aliphatic rings. The molecule has 0 unspecified atom stereocenters. The van der Waals surface area contributed by atoms with Gasteiger partial charge < -0.3 is 14.9 Å². The van der Waals surface area contributed by atoms with E-state index in [0.29, 0.717) is 17.8 Å². The average Bonchev–Trinajstić information content (AvgIpc) is 3.31. The molecule has 4 rings (SSSR count). The topological polar surface area (TPSA) is 97.5 Å². The third-order valence-electron chi connectivity index (χ3n) is 4.78. The number of fused-ring (bicyclic) bond motifs is 1. The summed E-state index contributed by atoms with van der Waals surface area (Å²) in [5.74, 6) is -0.970. The van der Waals surface area contributed by atoms with E-state index in [4.69, 9.17) is 9.84 Å². The van der Waals surface area contributed by atoms with E-state index in [1.165, 1.54) is 12.1 Å². The van der Waals surface area contributed by atoms with Crippen LogP contribution < -0.4 is 0 Å². The van der Waals surface area contributed by atoms with Crippen LogP contribution in [0.5, 0.6) is 0 Å². The lowest BCUT2D eigenvalue weighted by atomic mass is 10.0. The molecular weight excluding hydrogens is 334 g/mol. The van der Waals surface area contributed by atoms with E-state index in [-0.39, 0.29) is 5.56 Å². The second-order valence-corrected chi connectivity index (χ2v) is 6.49. The van der Waals surface area contributed by atoms with Gasteiger partial charge in [0.2, 0.25) is 0 Å². The van der Waals surface area contributed by atoms with Crippen LogP contribution in [-0.2, 0) is 4.74 Å². The quantitative estimate of drug-likeness (QED) is 0.707. The normalized spacial score (nSPS) is 16.5. The summed E-state index contributed by atoms with van der Waals surface area (Å²) < 4.78 is 7.37. The van der Waals surface area contributed by atoms with Gasteiger partial charge in [-0.15, -0.1) is 0 Å². The second kappa shape index (κ2) is 6.19. The summed E-state index contributed by atoms with van der Waals surface area (Å²) in [4.78, 5) is 15.4. The van der Waals surface area contributed by atoms with Crippen LogP contribution in [0.2, 0.25) is 0 Å². The minimum absolute atomic E-state index is 0.217. The molecule has 0 radical (unpaired) electrons. The van der Waals surface area contributed by atoms with Gasteiger partial charge in [-0.05, 0) is 50.1 Å². The van der Waals surface area contributed by atoms with Gasteiger partial charge in [0.1, 0.15) is 6.10 Å². The molecule has 0 amide bonds. The first-order valence-electron chi connectivity index (χ1n) is 8.53. The molecule has 2 heterocycles. The van der Waals surface area contributed by atoms with Crippen molar-refractivity contribution in [3.05, 3.63) is 53.9 Å². The number of hydrogen-bond acceptors (Lipinski definition) is 5. The van der Waals surface area contributed by atoms with Gasteiger partial charge in [-0.2, -0.15) is 5.10 Å². The molecule has 26 heavy (non-hydrogen) atoms. The van der Waals surface area contributed by atoms with Crippen LogP contribution >= 0.6 is 0 Å². The van der Waals surface area contributed by atoms with Crippen LogP contribution in [0.25, 0.3) is 16.7 Å². The molecule has 3 aromatic rings. The summed E-state index contributed by atoms with van der Waals surface area (Å²) >= 11 is 0. The minimum atomic E-state index is -0.970. The van der Waals surface area contributed by atoms with E-state index >= 15 is 0 Å². The van der Waals surface area contributed by atoms with Gasteiger partial charge in [-0.1, -0.05) is 0 Å². The summed E-state index contributed by atoms with van der Waals surface area (Å²) in [5, 5.41) is 24.8. The Balaban J connectivity index is 1.66. The van der Waals surface area contributed by atoms with Gasteiger partial charge in [0, 0.05) is 23.8 Å². The molecule has 1 fully saturated rings. The zero-order valence-electron chi connectivity index (χ0n) is 14.3. The van der Waals surface area contributed by atoms with E-state index in [1.807, 2.05) is 13.0 Å². The molecule has 0 saturated heterocycles. The van der Waals surface area contributed by atoms with E-state index < -0.39 is 17.7 Å². The van der Waals surface area contributed by atoms with Crippen LogP contribution in [0.15, 0.2) is 42.7 Å². The highest BCUT2D eigenvalue weighted by Crippen LogP contribution is 2.49. The van der Waals surface area contributed by atoms with Crippen LogP contribution in [0.1, 0.15) is 41.8 Å². The van der Waals surface area contributed by atoms with Crippen LogP contribution in [-0.4, -0.2) is 43.2 Å². The third-order valence-corrected chi connectivity index (χ3v) is 4.78. The zero-order chi connectivity index (χ0) is 18.3. The number of pyridine rings is 1. The van der Waals surface area contributed by atoms with Crippen LogP contribution in [0.3, 0.4) is 0 Å². The minimum Gasteiger partial charge on any atom is -0.478 e. The number of hydrogen-bond donors (Lipinski definition) is 2. The standard InChI is InChI=1S/C19H19N3O4/c1-2-26-19(7-8-19)16(23)13-9-14-11-21-22(17(14)20-10-13)15-5-3-12(4-6-15)18(24)25/h3-6,9-11,16,23H,2,7-8H2,1H3,(H,24,25)/t16-/m0/s1. The predicted molar refractivity (Wildman–Crippen MR) is 94.4 cm³/mol. The van der Waals surface area contributed by atoms with Crippen molar-refractivity contribution in [1.82, 2.24) is 14.8 Å². The first-order chi connectivity index (χ1) is 12.5. The van der Waals surface area contributed by atoms with Crippen molar-refractivity contribution in [2.75, 3.05) is 6.61 Å². The molecular formula is C19H19N3O4. The van der Waals surface area contributed by atoms with Gasteiger partial charge in [0.25, 0.3) is 0 Å². The Morgan fingerprint density at radius 3 is 2.65 bits per heavy atom. The number of ether oxygens (including phenoxy) is 1. The highest BCUT2D eigenvalue weighted by atomic mass is 16.5. The fourth-order valence-corrected chi connectivity index (χ4v) is 3.23. The molecule has 0 aliphatic heterocycles. The maximum Gasteiger partial charge on any atom is 0.335 e. The van der Waals surface area contributed by atoms with E-state index in [9.17, 15) is 9.90 Å². The van der Waals surface area contributed by atoms with E-state index in [1.54, 1.807) is 29.2 Å². The molecule has 0 spiro atoms. The van der Waals surface area contributed by atoms with Crippen molar-refractivity contribution in [3.8, 4) is 5.69 Å². The van der Waals surface area contributed by atoms with E-state index in [2.05, 4.69) is 10.1 Å². The first kappa shape index (κ1) is 16.7. The lowest BCUT2D eigenvalue weighted by Gasteiger charge is -2.22. The number of aromatic carboxylic acids is 1. The summed E-state index contributed by atoms with van der Waals surface area (Å²) in [6.45, 7) is 2.49. The number of carboxylic acids is 1. The molecule has 1 atom stereocenters. The molecule has 1 aliphatic carbocycles. The molecule has 1 aromatic carbocycles.